The van der Waals surface area contributed by atoms with E-state index in [2.05, 4.69) is 20.8 Å². The van der Waals surface area contributed by atoms with Gasteiger partial charge in [-0.1, -0.05) is 26.0 Å². The van der Waals surface area contributed by atoms with Crippen molar-refractivity contribution in [1.29, 1.82) is 0 Å². The Hall–Kier alpha value is -2.50. The fourth-order valence-electron chi connectivity index (χ4n) is 1.85. The van der Waals surface area contributed by atoms with Crippen molar-refractivity contribution in [1.82, 2.24) is 10.2 Å². The molecule has 0 atom stereocenters. The third kappa shape index (κ3) is 5.12. The monoisotopic (exact) mass is 302 g/mol. The maximum absolute atomic E-state index is 12.8. The number of halogens is 1. The Balaban J connectivity index is 1.86. The first-order valence-corrected chi connectivity index (χ1v) is 7.15. The minimum atomic E-state index is -0.259. The molecule has 22 heavy (non-hydrogen) atoms. The molecule has 0 spiro atoms. The number of nitrogens with one attached hydrogen (secondary N) is 2. The molecular formula is C16H19FN4O. The molecule has 0 saturated heterocycles. The van der Waals surface area contributed by atoms with Gasteiger partial charge in [-0.15, -0.1) is 10.2 Å². The van der Waals surface area contributed by atoms with Crippen LogP contribution in [0.25, 0.3) is 0 Å². The second-order valence-corrected chi connectivity index (χ2v) is 5.43. The maximum Gasteiger partial charge on any atom is 0.225 e. The van der Waals surface area contributed by atoms with E-state index in [4.69, 9.17) is 0 Å². The van der Waals surface area contributed by atoms with Crippen LogP contribution in [0.2, 0.25) is 0 Å². The molecule has 1 aromatic heterocycles. The Bertz CT molecular complexity index is 611. The predicted octanol–water partition coefficient (Wildman–Crippen LogP) is 3.21. The molecule has 2 rings (SSSR count). The summed E-state index contributed by atoms with van der Waals surface area (Å²) in [5.41, 5.74) is 0.942. The van der Waals surface area contributed by atoms with Crippen molar-refractivity contribution >= 4 is 17.5 Å². The molecule has 5 nitrogen and oxygen atoms in total. The van der Waals surface area contributed by atoms with Gasteiger partial charge >= 0.3 is 0 Å². The lowest BCUT2D eigenvalue weighted by Gasteiger charge is -2.08. The first kappa shape index (κ1) is 15.9. The van der Waals surface area contributed by atoms with Crippen LogP contribution in [0.5, 0.6) is 0 Å². The highest BCUT2D eigenvalue weighted by molar-refractivity contribution is 5.89. The van der Waals surface area contributed by atoms with Crippen LogP contribution >= 0.6 is 0 Å². The van der Waals surface area contributed by atoms with Crippen LogP contribution < -0.4 is 10.6 Å². The van der Waals surface area contributed by atoms with Gasteiger partial charge in [0.15, 0.2) is 5.82 Å². The molecule has 2 N–H and O–H groups in total. The van der Waals surface area contributed by atoms with Gasteiger partial charge in [-0.25, -0.2) is 4.39 Å². The van der Waals surface area contributed by atoms with Crippen LogP contribution in [-0.2, 0) is 11.3 Å². The van der Waals surface area contributed by atoms with Gasteiger partial charge in [0.05, 0.1) is 0 Å². The van der Waals surface area contributed by atoms with Crippen LogP contribution in [0, 0.1) is 11.7 Å². The molecule has 1 heterocycles. The summed E-state index contributed by atoms with van der Waals surface area (Å²) in [5.74, 6) is 0.982. The first-order chi connectivity index (χ1) is 10.5. The third-order valence-electron chi connectivity index (χ3n) is 2.91. The molecule has 2 aromatic rings. The van der Waals surface area contributed by atoms with Crippen molar-refractivity contribution in [2.45, 2.75) is 26.8 Å². The number of benzene rings is 1. The number of aromatic nitrogens is 2. The van der Waals surface area contributed by atoms with Crippen molar-refractivity contribution < 1.29 is 9.18 Å². The van der Waals surface area contributed by atoms with E-state index in [-0.39, 0.29) is 11.7 Å². The van der Waals surface area contributed by atoms with Crippen molar-refractivity contribution in [3.63, 3.8) is 0 Å². The van der Waals surface area contributed by atoms with Crippen LogP contribution in [0.4, 0.5) is 16.0 Å². The molecule has 1 amide bonds. The summed E-state index contributed by atoms with van der Waals surface area (Å²) >= 11 is 0. The third-order valence-corrected chi connectivity index (χ3v) is 2.91. The van der Waals surface area contributed by atoms with Crippen LogP contribution in [-0.4, -0.2) is 16.1 Å². The minimum absolute atomic E-state index is 0.0729. The summed E-state index contributed by atoms with van der Waals surface area (Å²) in [6, 6.07) is 9.67. The number of rotatable bonds is 6. The highest BCUT2D eigenvalue weighted by Crippen LogP contribution is 2.10. The average Bonchev–Trinajstić information content (AvgIpc) is 2.47. The van der Waals surface area contributed by atoms with Crippen molar-refractivity contribution in [3.05, 3.63) is 47.8 Å². The molecule has 0 aliphatic rings. The summed E-state index contributed by atoms with van der Waals surface area (Å²) in [5, 5.41) is 13.7. The first-order valence-electron chi connectivity index (χ1n) is 7.15. The van der Waals surface area contributed by atoms with E-state index in [1.165, 1.54) is 12.1 Å². The number of nitrogens with zero attached hydrogens (tertiary/aromatic N) is 2. The topological polar surface area (TPSA) is 66.9 Å². The lowest BCUT2D eigenvalue weighted by atomic mass is 10.1. The zero-order valence-corrected chi connectivity index (χ0v) is 12.6. The van der Waals surface area contributed by atoms with Gasteiger partial charge < -0.3 is 10.6 Å². The zero-order valence-electron chi connectivity index (χ0n) is 12.6. The second kappa shape index (κ2) is 7.49. The van der Waals surface area contributed by atoms with Crippen molar-refractivity contribution in [2.75, 3.05) is 10.6 Å². The van der Waals surface area contributed by atoms with E-state index in [1.54, 1.807) is 24.3 Å². The molecule has 0 saturated carbocycles. The Morgan fingerprint density at radius 3 is 2.32 bits per heavy atom. The normalized spacial score (nSPS) is 10.5. The largest absolute Gasteiger partial charge is 0.365 e. The van der Waals surface area contributed by atoms with E-state index in [9.17, 15) is 9.18 Å². The Labute approximate surface area is 129 Å². The molecule has 0 aliphatic heterocycles. The van der Waals surface area contributed by atoms with Gasteiger partial charge in [-0.05, 0) is 35.7 Å². The summed E-state index contributed by atoms with van der Waals surface area (Å²) in [4.78, 5) is 11.6. The van der Waals surface area contributed by atoms with Gasteiger partial charge in [0.1, 0.15) is 11.6 Å². The van der Waals surface area contributed by atoms with E-state index in [0.29, 0.717) is 30.5 Å². The van der Waals surface area contributed by atoms with E-state index >= 15 is 0 Å². The van der Waals surface area contributed by atoms with Crippen LogP contribution in [0.15, 0.2) is 36.4 Å². The fourth-order valence-corrected chi connectivity index (χ4v) is 1.85. The van der Waals surface area contributed by atoms with Crippen molar-refractivity contribution in [2.24, 2.45) is 5.92 Å². The molecule has 0 bridgehead atoms. The van der Waals surface area contributed by atoms with Gasteiger partial charge in [0, 0.05) is 13.0 Å². The quantitative estimate of drug-likeness (QED) is 0.860. The number of hydrogen-bond acceptors (Lipinski definition) is 4. The fraction of sp³-hybridized carbons (Fsp3) is 0.312. The highest BCUT2D eigenvalue weighted by atomic mass is 19.1. The average molecular weight is 302 g/mol. The smallest absolute Gasteiger partial charge is 0.225 e. The lowest BCUT2D eigenvalue weighted by Crippen LogP contribution is -2.15. The number of hydrogen-bond donors (Lipinski definition) is 2. The predicted molar refractivity (Wildman–Crippen MR) is 83.8 cm³/mol. The number of carbonyl (C=O) groups excluding carboxylic acids is 1. The van der Waals surface area contributed by atoms with Crippen LogP contribution in [0.3, 0.4) is 0 Å². The van der Waals surface area contributed by atoms with E-state index in [0.717, 1.165) is 5.56 Å². The Morgan fingerprint density at radius 2 is 1.73 bits per heavy atom. The highest BCUT2D eigenvalue weighted by Gasteiger charge is 2.06. The minimum Gasteiger partial charge on any atom is -0.365 e. The van der Waals surface area contributed by atoms with E-state index < -0.39 is 0 Å². The molecule has 0 fully saturated rings. The summed E-state index contributed by atoms with van der Waals surface area (Å²) in [6.45, 7) is 4.48. The molecule has 1 aromatic carbocycles. The standard InChI is InChI=1S/C16H19FN4O/c1-11(2)9-16(22)19-15-8-7-14(20-21-15)18-10-12-3-5-13(17)6-4-12/h3-8,11H,9-10H2,1-2H3,(H,18,20)(H,19,21,22). The summed E-state index contributed by atoms with van der Waals surface area (Å²) in [7, 11) is 0. The number of anilines is 2. The van der Waals surface area contributed by atoms with Gasteiger partial charge in [-0.3, -0.25) is 4.79 Å². The molecule has 0 unspecified atom stereocenters. The molecule has 0 radical (unpaired) electrons. The maximum atomic E-state index is 12.8. The summed E-state index contributed by atoms with van der Waals surface area (Å²) < 4.78 is 12.8. The number of amides is 1. The number of carbonyl (C=O) groups is 1. The van der Waals surface area contributed by atoms with Gasteiger partial charge in [0.2, 0.25) is 5.91 Å². The molecule has 6 heteroatoms. The molecule has 0 aliphatic carbocycles. The van der Waals surface area contributed by atoms with Crippen LogP contribution in [0.1, 0.15) is 25.8 Å². The SMILES string of the molecule is CC(C)CC(=O)Nc1ccc(NCc2ccc(F)cc2)nn1. The van der Waals surface area contributed by atoms with Gasteiger partial charge in [0.25, 0.3) is 0 Å². The lowest BCUT2D eigenvalue weighted by molar-refractivity contribution is -0.116. The van der Waals surface area contributed by atoms with Gasteiger partial charge in [-0.2, -0.15) is 0 Å². The Morgan fingerprint density at radius 1 is 1.09 bits per heavy atom. The zero-order chi connectivity index (χ0) is 15.9. The molecular weight excluding hydrogens is 283 g/mol. The van der Waals surface area contributed by atoms with E-state index in [1.807, 2.05) is 13.8 Å². The molecule has 116 valence electrons. The summed E-state index contributed by atoms with van der Waals surface area (Å²) in [6.07, 6.45) is 0.451. The second-order valence-electron chi connectivity index (χ2n) is 5.43. The van der Waals surface area contributed by atoms with Crippen molar-refractivity contribution in [3.8, 4) is 0 Å². The Kier molecular flexibility index (Phi) is 5.41.